The zero-order chi connectivity index (χ0) is 13.8. The number of amides is 1. The van der Waals surface area contributed by atoms with E-state index >= 15 is 0 Å². The number of pyridine rings is 1. The number of nitrogens with two attached hydrogens (primary N) is 1. The molecule has 19 heavy (non-hydrogen) atoms. The lowest BCUT2D eigenvalue weighted by Crippen LogP contribution is -2.40. The summed E-state index contributed by atoms with van der Waals surface area (Å²) in [5.74, 6) is 0.819. The summed E-state index contributed by atoms with van der Waals surface area (Å²) < 4.78 is 0. The molecular weight excluding hydrogens is 240 g/mol. The second kappa shape index (κ2) is 6.02. The molecule has 104 valence electrons. The van der Waals surface area contributed by atoms with E-state index < -0.39 is 6.04 Å². The molecule has 0 aromatic carbocycles. The molecule has 0 saturated carbocycles. The maximum Gasteiger partial charge on any atom is 0.241 e. The van der Waals surface area contributed by atoms with Gasteiger partial charge in [-0.3, -0.25) is 4.79 Å². The molecule has 0 radical (unpaired) electrons. The highest BCUT2D eigenvalue weighted by atomic mass is 16.2. The predicted molar refractivity (Wildman–Crippen MR) is 77.1 cm³/mol. The molecule has 1 aliphatic rings. The van der Waals surface area contributed by atoms with Gasteiger partial charge in [-0.2, -0.15) is 0 Å². The van der Waals surface area contributed by atoms with E-state index in [1.54, 1.807) is 6.20 Å². The van der Waals surface area contributed by atoms with Crippen molar-refractivity contribution in [2.24, 2.45) is 11.7 Å². The monoisotopic (exact) mass is 262 g/mol. The molecule has 0 bridgehead atoms. The Balaban J connectivity index is 2.13. The van der Waals surface area contributed by atoms with Gasteiger partial charge in [0.1, 0.15) is 0 Å². The number of aromatic nitrogens is 1. The van der Waals surface area contributed by atoms with E-state index in [9.17, 15) is 4.79 Å². The molecule has 0 aliphatic carbocycles. The molecule has 1 atom stereocenters. The predicted octanol–water partition coefficient (Wildman–Crippen LogP) is 1.60. The third-order valence-corrected chi connectivity index (χ3v) is 3.47. The molecule has 5 heteroatoms. The summed E-state index contributed by atoms with van der Waals surface area (Å²) >= 11 is 0. The molecule has 1 fully saturated rings. The van der Waals surface area contributed by atoms with Gasteiger partial charge in [0.25, 0.3) is 0 Å². The first kappa shape index (κ1) is 13.8. The van der Waals surface area contributed by atoms with Gasteiger partial charge in [0, 0.05) is 19.3 Å². The molecule has 1 aromatic rings. The Bertz CT molecular complexity index is 441. The molecule has 2 heterocycles. The summed E-state index contributed by atoms with van der Waals surface area (Å²) in [5.41, 5.74) is 6.62. The van der Waals surface area contributed by atoms with Crippen LogP contribution < -0.4 is 16.0 Å². The minimum absolute atomic E-state index is 0.118. The van der Waals surface area contributed by atoms with Crippen LogP contribution >= 0.6 is 0 Å². The number of nitrogens with one attached hydrogen (secondary N) is 1. The van der Waals surface area contributed by atoms with Crippen molar-refractivity contribution < 1.29 is 4.79 Å². The van der Waals surface area contributed by atoms with Crippen LogP contribution in [-0.4, -0.2) is 30.0 Å². The van der Waals surface area contributed by atoms with E-state index in [2.05, 4.69) is 15.2 Å². The van der Waals surface area contributed by atoms with Gasteiger partial charge in [-0.05, 0) is 30.9 Å². The molecule has 1 amide bonds. The number of anilines is 2. The smallest absolute Gasteiger partial charge is 0.241 e. The van der Waals surface area contributed by atoms with Crippen LogP contribution in [0.1, 0.15) is 26.7 Å². The second-order valence-electron chi connectivity index (χ2n) is 5.33. The zero-order valence-corrected chi connectivity index (χ0v) is 11.6. The summed E-state index contributed by atoms with van der Waals surface area (Å²) in [4.78, 5) is 18.6. The average molecular weight is 262 g/mol. The Morgan fingerprint density at radius 2 is 2.11 bits per heavy atom. The SMILES string of the molecule is CC(C)[C@@H](N)C(=O)Nc1cccnc1N1CCCC1. The lowest BCUT2D eigenvalue weighted by molar-refractivity contribution is -0.118. The van der Waals surface area contributed by atoms with Crippen LogP contribution in [0, 0.1) is 5.92 Å². The largest absolute Gasteiger partial charge is 0.355 e. The van der Waals surface area contributed by atoms with E-state index in [0.29, 0.717) is 0 Å². The highest BCUT2D eigenvalue weighted by molar-refractivity contribution is 5.97. The van der Waals surface area contributed by atoms with E-state index in [1.165, 1.54) is 12.8 Å². The number of nitrogens with zero attached hydrogens (tertiary/aromatic N) is 2. The highest BCUT2D eigenvalue weighted by Crippen LogP contribution is 2.26. The number of hydrogen-bond acceptors (Lipinski definition) is 4. The van der Waals surface area contributed by atoms with Crippen molar-refractivity contribution >= 4 is 17.4 Å². The van der Waals surface area contributed by atoms with Crippen LogP contribution in [0.4, 0.5) is 11.5 Å². The normalized spacial score (nSPS) is 16.7. The van der Waals surface area contributed by atoms with Gasteiger partial charge in [0.2, 0.25) is 5.91 Å². The third kappa shape index (κ3) is 3.23. The van der Waals surface area contributed by atoms with Crippen LogP contribution in [0.25, 0.3) is 0 Å². The van der Waals surface area contributed by atoms with Crippen molar-refractivity contribution in [3.05, 3.63) is 18.3 Å². The van der Waals surface area contributed by atoms with Gasteiger partial charge in [0.15, 0.2) is 5.82 Å². The second-order valence-corrected chi connectivity index (χ2v) is 5.33. The first-order valence-electron chi connectivity index (χ1n) is 6.86. The van der Waals surface area contributed by atoms with Crippen molar-refractivity contribution in [2.75, 3.05) is 23.3 Å². The van der Waals surface area contributed by atoms with Crippen molar-refractivity contribution in [3.8, 4) is 0 Å². The summed E-state index contributed by atoms with van der Waals surface area (Å²) in [5, 5.41) is 2.90. The summed E-state index contributed by atoms with van der Waals surface area (Å²) in [7, 11) is 0. The quantitative estimate of drug-likeness (QED) is 0.864. The minimum atomic E-state index is -0.494. The minimum Gasteiger partial charge on any atom is -0.355 e. The average Bonchev–Trinajstić information content (AvgIpc) is 2.92. The van der Waals surface area contributed by atoms with Gasteiger partial charge in [-0.15, -0.1) is 0 Å². The summed E-state index contributed by atoms with van der Waals surface area (Å²) in [6.07, 6.45) is 4.11. The van der Waals surface area contributed by atoms with Gasteiger partial charge in [-0.1, -0.05) is 13.8 Å². The molecule has 1 aliphatic heterocycles. The number of carbonyl (C=O) groups is 1. The van der Waals surface area contributed by atoms with Gasteiger partial charge in [-0.25, -0.2) is 4.98 Å². The Morgan fingerprint density at radius 3 is 2.74 bits per heavy atom. The molecule has 0 spiro atoms. The van der Waals surface area contributed by atoms with Gasteiger partial charge >= 0.3 is 0 Å². The van der Waals surface area contributed by atoms with E-state index in [0.717, 1.165) is 24.6 Å². The first-order chi connectivity index (χ1) is 9.09. The van der Waals surface area contributed by atoms with Crippen molar-refractivity contribution in [3.63, 3.8) is 0 Å². The van der Waals surface area contributed by atoms with Crippen molar-refractivity contribution in [1.82, 2.24) is 4.98 Å². The maximum absolute atomic E-state index is 12.0. The zero-order valence-electron chi connectivity index (χ0n) is 11.6. The fraction of sp³-hybridized carbons (Fsp3) is 0.571. The van der Waals surface area contributed by atoms with Crippen LogP contribution in [-0.2, 0) is 4.79 Å². The molecular formula is C14H22N4O. The van der Waals surface area contributed by atoms with Crippen LogP contribution in [0.5, 0.6) is 0 Å². The molecule has 3 N–H and O–H groups in total. The Hall–Kier alpha value is -1.62. The highest BCUT2D eigenvalue weighted by Gasteiger charge is 2.21. The van der Waals surface area contributed by atoms with Crippen LogP contribution in [0.15, 0.2) is 18.3 Å². The van der Waals surface area contributed by atoms with Gasteiger partial charge in [0.05, 0.1) is 11.7 Å². The van der Waals surface area contributed by atoms with E-state index in [1.807, 2.05) is 26.0 Å². The lowest BCUT2D eigenvalue weighted by atomic mass is 10.1. The van der Waals surface area contributed by atoms with Crippen molar-refractivity contribution in [1.29, 1.82) is 0 Å². The van der Waals surface area contributed by atoms with Crippen LogP contribution in [0.2, 0.25) is 0 Å². The van der Waals surface area contributed by atoms with E-state index in [4.69, 9.17) is 5.73 Å². The standard InChI is InChI=1S/C14H22N4O/c1-10(2)12(15)14(19)17-11-6-5-7-16-13(11)18-8-3-4-9-18/h5-7,10,12H,3-4,8-9,15H2,1-2H3,(H,17,19)/t12-/m1/s1. The summed E-state index contributed by atoms with van der Waals surface area (Å²) in [6, 6.07) is 3.22. The summed E-state index contributed by atoms with van der Waals surface area (Å²) in [6.45, 7) is 5.87. The lowest BCUT2D eigenvalue weighted by Gasteiger charge is -2.21. The first-order valence-corrected chi connectivity index (χ1v) is 6.86. The third-order valence-electron chi connectivity index (χ3n) is 3.47. The van der Waals surface area contributed by atoms with Crippen LogP contribution in [0.3, 0.4) is 0 Å². The molecule has 1 aromatic heterocycles. The number of carbonyl (C=O) groups excluding carboxylic acids is 1. The Morgan fingerprint density at radius 1 is 1.42 bits per heavy atom. The Labute approximate surface area is 114 Å². The fourth-order valence-electron chi connectivity index (χ4n) is 2.19. The maximum atomic E-state index is 12.0. The number of rotatable bonds is 4. The topological polar surface area (TPSA) is 71.2 Å². The molecule has 1 saturated heterocycles. The fourth-order valence-corrected chi connectivity index (χ4v) is 2.19. The molecule has 2 rings (SSSR count). The molecule has 0 unspecified atom stereocenters. The van der Waals surface area contributed by atoms with Gasteiger partial charge < -0.3 is 16.0 Å². The van der Waals surface area contributed by atoms with E-state index in [-0.39, 0.29) is 11.8 Å². The number of hydrogen-bond donors (Lipinski definition) is 2. The molecule has 5 nitrogen and oxygen atoms in total. The Kier molecular flexibility index (Phi) is 4.37. The van der Waals surface area contributed by atoms with Crippen molar-refractivity contribution in [2.45, 2.75) is 32.7 Å².